The fourth-order valence-corrected chi connectivity index (χ4v) is 2.31. The van der Waals surface area contributed by atoms with Crippen molar-refractivity contribution in [3.63, 3.8) is 0 Å². The molecule has 4 nitrogen and oxygen atoms in total. The normalized spacial score (nSPS) is 14.4. The molecule has 0 aromatic carbocycles. The van der Waals surface area contributed by atoms with Crippen LogP contribution in [-0.2, 0) is 0 Å². The molecule has 92 valence electrons. The molecule has 3 N–H and O–H groups in total. The second-order valence-corrected chi connectivity index (χ2v) is 4.44. The Morgan fingerprint density at radius 2 is 2.06 bits per heavy atom. The Bertz CT molecular complexity index is 291. The fourth-order valence-electron chi connectivity index (χ4n) is 2.31. The molecule has 1 aromatic rings. The van der Waals surface area contributed by atoms with Crippen molar-refractivity contribution in [1.29, 1.82) is 0 Å². The molecule has 1 unspecified atom stereocenters. The maximum absolute atomic E-state index is 5.66. The lowest BCUT2D eigenvalue weighted by molar-refractivity contribution is 0.0820. The highest BCUT2D eigenvalue weighted by Gasteiger charge is 2.36. The first kappa shape index (κ1) is 13.2. The predicted octanol–water partition coefficient (Wildman–Crippen LogP) is 1.90. The lowest BCUT2D eigenvalue weighted by Gasteiger charge is -2.42. The van der Waals surface area contributed by atoms with Crippen LogP contribution in [-0.4, -0.2) is 23.5 Å². The van der Waals surface area contributed by atoms with Gasteiger partial charge in [-0.05, 0) is 39.1 Å². The molecule has 0 bridgehead atoms. The van der Waals surface area contributed by atoms with Crippen LogP contribution in [0.3, 0.4) is 0 Å². The van der Waals surface area contributed by atoms with E-state index in [0.29, 0.717) is 0 Å². The zero-order valence-corrected chi connectivity index (χ0v) is 10.7. The van der Waals surface area contributed by atoms with Crippen molar-refractivity contribution in [2.75, 3.05) is 13.1 Å². The molecular formula is C12H23N3O. The highest BCUT2D eigenvalue weighted by molar-refractivity contribution is 5.11. The van der Waals surface area contributed by atoms with Gasteiger partial charge in [0.2, 0.25) is 0 Å². The number of hydrogen-bond acceptors (Lipinski definition) is 4. The molecule has 0 aliphatic carbocycles. The van der Waals surface area contributed by atoms with Crippen LogP contribution in [0.25, 0.3) is 0 Å². The van der Waals surface area contributed by atoms with Gasteiger partial charge < -0.3 is 4.42 Å². The number of rotatable bonds is 6. The van der Waals surface area contributed by atoms with E-state index < -0.39 is 0 Å². The zero-order chi connectivity index (χ0) is 12.2. The predicted molar refractivity (Wildman–Crippen MR) is 65.8 cm³/mol. The molecule has 0 aliphatic rings. The van der Waals surface area contributed by atoms with Crippen LogP contribution >= 0.6 is 0 Å². The summed E-state index contributed by atoms with van der Waals surface area (Å²) in [6, 6.07) is 3.83. The standard InChI is InChI=1S/C12H23N3O/c1-5-15(6-2)12(3,4)11(14-13)10-8-7-9-16-10/h7-9,11,14H,5-6,13H2,1-4H3. The van der Waals surface area contributed by atoms with Gasteiger partial charge in [0.25, 0.3) is 0 Å². The minimum Gasteiger partial charge on any atom is -0.468 e. The van der Waals surface area contributed by atoms with Crippen LogP contribution in [0.1, 0.15) is 39.5 Å². The summed E-state index contributed by atoms with van der Waals surface area (Å²) < 4.78 is 5.44. The third-order valence-electron chi connectivity index (χ3n) is 3.28. The number of furan rings is 1. The van der Waals surface area contributed by atoms with E-state index in [1.807, 2.05) is 12.1 Å². The van der Waals surface area contributed by atoms with E-state index in [1.165, 1.54) is 0 Å². The highest BCUT2D eigenvalue weighted by Crippen LogP contribution is 2.30. The average molecular weight is 225 g/mol. The third-order valence-corrected chi connectivity index (χ3v) is 3.28. The smallest absolute Gasteiger partial charge is 0.123 e. The molecule has 0 aliphatic heterocycles. The van der Waals surface area contributed by atoms with Crippen molar-refractivity contribution in [2.24, 2.45) is 5.84 Å². The summed E-state index contributed by atoms with van der Waals surface area (Å²) in [6.45, 7) is 10.6. The van der Waals surface area contributed by atoms with Crippen molar-refractivity contribution in [2.45, 2.75) is 39.3 Å². The van der Waals surface area contributed by atoms with E-state index in [4.69, 9.17) is 10.3 Å². The van der Waals surface area contributed by atoms with Gasteiger partial charge in [-0.3, -0.25) is 10.7 Å². The van der Waals surface area contributed by atoms with E-state index in [9.17, 15) is 0 Å². The molecule has 1 aromatic heterocycles. The van der Waals surface area contributed by atoms with E-state index in [2.05, 4.69) is 38.0 Å². The van der Waals surface area contributed by atoms with Crippen molar-refractivity contribution in [3.05, 3.63) is 24.2 Å². The summed E-state index contributed by atoms with van der Waals surface area (Å²) in [5.41, 5.74) is 2.77. The molecule has 0 radical (unpaired) electrons. The Morgan fingerprint density at radius 3 is 2.44 bits per heavy atom. The number of hydrazine groups is 1. The van der Waals surface area contributed by atoms with Crippen molar-refractivity contribution in [1.82, 2.24) is 10.3 Å². The molecule has 0 saturated carbocycles. The average Bonchev–Trinajstić information content (AvgIpc) is 2.73. The molecule has 0 amide bonds. The number of hydrogen-bond donors (Lipinski definition) is 2. The summed E-state index contributed by atoms with van der Waals surface area (Å²) in [7, 11) is 0. The van der Waals surface area contributed by atoms with Gasteiger partial charge in [0, 0.05) is 5.54 Å². The Labute approximate surface area is 97.8 Å². The molecule has 0 saturated heterocycles. The lowest BCUT2D eigenvalue weighted by Crippen LogP contribution is -2.54. The summed E-state index contributed by atoms with van der Waals surface area (Å²) in [4.78, 5) is 2.36. The molecule has 1 heterocycles. The Hall–Kier alpha value is -0.840. The second-order valence-electron chi connectivity index (χ2n) is 4.44. The van der Waals surface area contributed by atoms with Crippen LogP contribution in [0.5, 0.6) is 0 Å². The Morgan fingerprint density at radius 1 is 1.44 bits per heavy atom. The molecule has 1 atom stereocenters. The maximum atomic E-state index is 5.66. The molecule has 0 fully saturated rings. The molecule has 0 spiro atoms. The van der Waals surface area contributed by atoms with E-state index in [1.54, 1.807) is 6.26 Å². The van der Waals surface area contributed by atoms with Gasteiger partial charge in [-0.2, -0.15) is 0 Å². The zero-order valence-electron chi connectivity index (χ0n) is 10.7. The first-order chi connectivity index (χ1) is 7.57. The molecular weight excluding hydrogens is 202 g/mol. The maximum Gasteiger partial charge on any atom is 0.123 e. The summed E-state index contributed by atoms with van der Waals surface area (Å²) in [5.74, 6) is 6.54. The van der Waals surface area contributed by atoms with Gasteiger partial charge in [0.15, 0.2) is 0 Å². The van der Waals surface area contributed by atoms with Crippen LogP contribution in [0.15, 0.2) is 22.8 Å². The Balaban J connectivity index is 2.94. The fraction of sp³-hybridized carbons (Fsp3) is 0.667. The Kier molecular flexibility index (Phi) is 4.53. The van der Waals surface area contributed by atoms with Crippen LogP contribution in [0.2, 0.25) is 0 Å². The van der Waals surface area contributed by atoms with Gasteiger partial charge >= 0.3 is 0 Å². The van der Waals surface area contributed by atoms with Gasteiger partial charge in [-0.15, -0.1) is 0 Å². The van der Waals surface area contributed by atoms with Gasteiger partial charge in [0.05, 0.1) is 12.3 Å². The third kappa shape index (κ3) is 2.45. The van der Waals surface area contributed by atoms with Gasteiger partial charge in [-0.25, -0.2) is 5.43 Å². The first-order valence-corrected chi connectivity index (χ1v) is 5.82. The van der Waals surface area contributed by atoms with E-state index >= 15 is 0 Å². The molecule has 1 rings (SSSR count). The lowest BCUT2D eigenvalue weighted by atomic mass is 9.90. The van der Waals surface area contributed by atoms with Crippen molar-refractivity contribution >= 4 is 0 Å². The van der Waals surface area contributed by atoms with Crippen LogP contribution < -0.4 is 11.3 Å². The molecule has 4 heteroatoms. The SMILES string of the molecule is CCN(CC)C(C)(C)C(NN)c1ccco1. The molecule has 16 heavy (non-hydrogen) atoms. The summed E-state index contributed by atoms with van der Waals surface area (Å²) >= 11 is 0. The van der Waals surface area contributed by atoms with Gasteiger partial charge in [0.1, 0.15) is 5.76 Å². The topological polar surface area (TPSA) is 54.4 Å². The van der Waals surface area contributed by atoms with Crippen molar-refractivity contribution < 1.29 is 4.42 Å². The second kappa shape index (κ2) is 5.48. The highest BCUT2D eigenvalue weighted by atomic mass is 16.3. The number of nitrogens with two attached hydrogens (primary N) is 1. The minimum absolute atomic E-state index is 0.0117. The monoisotopic (exact) mass is 225 g/mol. The van der Waals surface area contributed by atoms with Crippen LogP contribution in [0, 0.1) is 0 Å². The number of likely N-dealkylation sites (N-methyl/N-ethyl adjacent to an activating group) is 1. The van der Waals surface area contributed by atoms with E-state index in [-0.39, 0.29) is 11.6 Å². The minimum atomic E-state index is -0.0872. The number of nitrogens with one attached hydrogen (secondary N) is 1. The quantitative estimate of drug-likeness (QED) is 0.573. The largest absolute Gasteiger partial charge is 0.468 e. The summed E-state index contributed by atoms with van der Waals surface area (Å²) in [6.07, 6.45) is 1.68. The van der Waals surface area contributed by atoms with E-state index in [0.717, 1.165) is 18.8 Å². The van der Waals surface area contributed by atoms with Gasteiger partial charge in [-0.1, -0.05) is 13.8 Å². The van der Waals surface area contributed by atoms with Crippen molar-refractivity contribution in [3.8, 4) is 0 Å². The van der Waals surface area contributed by atoms with Crippen LogP contribution in [0.4, 0.5) is 0 Å². The summed E-state index contributed by atoms with van der Waals surface area (Å²) in [5, 5.41) is 0. The number of nitrogens with zero attached hydrogens (tertiary/aromatic N) is 1. The first-order valence-electron chi connectivity index (χ1n) is 5.82.